The van der Waals surface area contributed by atoms with E-state index in [0.717, 1.165) is 23.4 Å². The van der Waals surface area contributed by atoms with Gasteiger partial charge in [0.1, 0.15) is 0 Å². The smallest absolute Gasteiger partial charge is 0.255 e. The van der Waals surface area contributed by atoms with Gasteiger partial charge in [-0.15, -0.1) is 0 Å². The van der Waals surface area contributed by atoms with Crippen LogP contribution >= 0.6 is 11.6 Å². The van der Waals surface area contributed by atoms with Crippen molar-refractivity contribution in [3.63, 3.8) is 0 Å². The number of hydrogen-bond acceptors (Lipinski definition) is 2. The molecule has 4 heteroatoms. The van der Waals surface area contributed by atoms with Gasteiger partial charge in [-0.3, -0.25) is 4.79 Å². The molecule has 104 valence electrons. The Balaban J connectivity index is 2.17. The second-order valence-electron chi connectivity index (χ2n) is 4.64. The minimum atomic E-state index is -0.124. The van der Waals surface area contributed by atoms with Crippen LogP contribution in [0, 0.1) is 6.92 Å². The number of rotatable bonds is 4. The van der Waals surface area contributed by atoms with Gasteiger partial charge in [0, 0.05) is 22.8 Å². The molecule has 1 amide bonds. The minimum Gasteiger partial charge on any atom is -0.322 e. The summed E-state index contributed by atoms with van der Waals surface area (Å²) < 4.78 is 0. The number of halogens is 1. The van der Waals surface area contributed by atoms with Gasteiger partial charge in [-0.1, -0.05) is 23.7 Å². The highest BCUT2D eigenvalue weighted by Crippen LogP contribution is 2.17. The van der Waals surface area contributed by atoms with Gasteiger partial charge in [-0.25, -0.2) is 0 Å². The summed E-state index contributed by atoms with van der Waals surface area (Å²) >= 11 is 5.90. The number of hydrogen-bond donors (Lipinski definition) is 2. The van der Waals surface area contributed by atoms with Crippen molar-refractivity contribution in [1.29, 1.82) is 0 Å². The Morgan fingerprint density at radius 1 is 1.20 bits per heavy atom. The van der Waals surface area contributed by atoms with Crippen LogP contribution in [0.5, 0.6) is 0 Å². The molecule has 0 fully saturated rings. The number of carbonyl (C=O) groups excluding carboxylic acids is 1. The SMILES string of the molecule is CNCc1cccc(NC(=O)c2ccc(Cl)cc2C)c1. The molecule has 2 N–H and O–H groups in total. The van der Waals surface area contributed by atoms with E-state index in [-0.39, 0.29) is 5.91 Å². The fourth-order valence-electron chi connectivity index (χ4n) is 2.04. The van der Waals surface area contributed by atoms with Gasteiger partial charge in [0.2, 0.25) is 0 Å². The third-order valence-electron chi connectivity index (χ3n) is 3.00. The van der Waals surface area contributed by atoms with Gasteiger partial charge >= 0.3 is 0 Å². The van der Waals surface area contributed by atoms with Gasteiger partial charge in [0.05, 0.1) is 0 Å². The average Bonchev–Trinajstić information content (AvgIpc) is 2.39. The van der Waals surface area contributed by atoms with E-state index in [2.05, 4.69) is 10.6 Å². The van der Waals surface area contributed by atoms with Gasteiger partial charge in [-0.2, -0.15) is 0 Å². The fraction of sp³-hybridized carbons (Fsp3) is 0.188. The van der Waals surface area contributed by atoms with Crippen LogP contribution in [0.4, 0.5) is 5.69 Å². The monoisotopic (exact) mass is 288 g/mol. The van der Waals surface area contributed by atoms with E-state index in [1.807, 2.05) is 38.2 Å². The zero-order chi connectivity index (χ0) is 14.5. The van der Waals surface area contributed by atoms with E-state index in [1.165, 1.54) is 0 Å². The van der Waals surface area contributed by atoms with Crippen LogP contribution < -0.4 is 10.6 Å². The maximum absolute atomic E-state index is 12.2. The second kappa shape index (κ2) is 6.55. The number of benzene rings is 2. The van der Waals surface area contributed by atoms with Gasteiger partial charge in [0.25, 0.3) is 5.91 Å². The van der Waals surface area contributed by atoms with Crippen molar-refractivity contribution in [2.24, 2.45) is 0 Å². The summed E-state index contributed by atoms with van der Waals surface area (Å²) in [5, 5.41) is 6.63. The van der Waals surface area contributed by atoms with E-state index in [1.54, 1.807) is 18.2 Å². The Hall–Kier alpha value is -1.84. The van der Waals surface area contributed by atoms with Crippen molar-refractivity contribution in [1.82, 2.24) is 5.32 Å². The first-order valence-electron chi connectivity index (χ1n) is 6.41. The Kier molecular flexibility index (Phi) is 4.77. The summed E-state index contributed by atoms with van der Waals surface area (Å²) in [5.74, 6) is -0.124. The highest BCUT2D eigenvalue weighted by atomic mass is 35.5. The van der Waals surface area contributed by atoms with Crippen molar-refractivity contribution >= 4 is 23.2 Å². The minimum absolute atomic E-state index is 0.124. The molecule has 0 aromatic heterocycles. The normalized spacial score (nSPS) is 10.3. The number of nitrogens with one attached hydrogen (secondary N) is 2. The zero-order valence-corrected chi connectivity index (χ0v) is 12.3. The average molecular weight is 289 g/mol. The number of carbonyl (C=O) groups is 1. The van der Waals surface area contributed by atoms with Crippen LogP contribution in [0.2, 0.25) is 5.02 Å². The van der Waals surface area contributed by atoms with E-state index >= 15 is 0 Å². The Morgan fingerprint density at radius 3 is 2.70 bits per heavy atom. The molecule has 0 aliphatic rings. The van der Waals surface area contributed by atoms with E-state index in [0.29, 0.717) is 10.6 Å². The lowest BCUT2D eigenvalue weighted by Gasteiger charge is -2.09. The first kappa shape index (κ1) is 14.6. The molecule has 0 radical (unpaired) electrons. The zero-order valence-electron chi connectivity index (χ0n) is 11.5. The highest BCUT2D eigenvalue weighted by molar-refractivity contribution is 6.30. The molecule has 0 spiro atoms. The summed E-state index contributed by atoms with van der Waals surface area (Å²) in [6.07, 6.45) is 0. The van der Waals surface area contributed by atoms with Crippen LogP contribution in [0.25, 0.3) is 0 Å². The highest BCUT2D eigenvalue weighted by Gasteiger charge is 2.09. The van der Waals surface area contributed by atoms with E-state index < -0.39 is 0 Å². The largest absolute Gasteiger partial charge is 0.322 e. The van der Waals surface area contributed by atoms with Crippen molar-refractivity contribution < 1.29 is 4.79 Å². The number of anilines is 1. The quantitative estimate of drug-likeness (QED) is 0.902. The van der Waals surface area contributed by atoms with E-state index in [4.69, 9.17) is 11.6 Å². The molecule has 0 atom stereocenters. The van der Waals surface area contributed by atoms with Crippen LogP contribution in [-0.4, -0.2) is 13.0 Å². The summed E-state index contributed by atoms with van der Waals surface area (Å²) in [5.41, 5.74) is 3.41. The molecule has 2 rings (SSSR count). The van der Waals surface area contributed by atoms with Crippen molar-refractivity contribution in [2.45, 2.75) is 13.5 Å². The maximum atomic E-state index is 12.2. The Labute approximate surface area is 124 Å². The summed E-state index contributed by atoms with van der Waals surface area (Å²) in [7, 11) is 1.89. The van der Waals surface area contributed by atoms with Crippen LogP contribution in [0.15, 0.2) is 42.5 Å². The van der Waals surface area contributed by atoms with Gasteiger partial charge in [-0.05, 0) is 55.4 Å². The first-order chi connectivity index (χ1) is 9.60. The van der Waals surface area contributed by atoms with Crippen molar-refractivity contribution in [3.8, 4) is 0 Å². The van der Waals surface area contributed by atoms with Crippen molar-refractivity contribution in [2.75, 3.05) is 12.4 Å². The predicted molar refractivity (Wildman–Crippen MR) is 83.3 cm³/mol. The fourth-order valence-corrected chi connectivity index (χ4v) is 2.27. The standard InChI is InChI=1S/C16H17ClN2O/c1-11-8-13(17)6-7-15(11)16(20)19-14-5-3-4-12(9-14)10-18-2/h3-9,18H,10H2,1-2H3,(H,19,20). The summed E-state index contributed by atoms with van der Waals surface area (Å²) in [4.78, 5) is 12.2. The molecule has 0 saturated heterocycles. The molecule has 0 saturated carbocycles. The molecule has 2 aromatic rings. The molecule has 0 bridgehead atoms. The summed E-state index contributed by atoms with van der Waals surface area (Å²) in [6.45, 7) is 2.64. The molecule has 2 aromatic carbocycles. The maximum Gasteiger partial charge on any atom is 0.255 e. The van der Waals surface area contributed by atoms with Gasteiger partial charge in [0.15, 0.2) is 0 Å². The van der Waals surface area contributed by atoms with Crippen LogP contribution in [0.1, 0.15) is 21.5 Å². The van der Waals surface area contributed by atoms with Gasteiger partial charge < -0.3 is 10.6 Å². The Morgan fingerprint density at radius 2 is 2.00 bits per heavy atom. The molecule has 0 unspecified atom stereocenters. The van der Waals surface area contributed by atoms with Crippen molar-refractivity contribution in [3.05, 3.63) is 64.2 Å². The molecular formula is C16H17ClN2O. The molecular weight excluding hydrogens is 272 g/mol. The van der Waals surface area contributed by atoms with Crippen LogP contribution in [0.3, 0.4) is 0 Å². The molecule has 20 heavy (non-hydrogen) atoms. The molecule has 0 aliphatic carbocycles. The number of amides is 1. The molecule has 3 nitrogen and oxygen atoms in total. The second-order valence-corrected chi connectivity index (χ2v) is 5.08. The summed E-state index contributed by atoms with van der Waals surface area (Å²) in [6, 6.07) is 13.0. The molecule has 0 heterocycles. The predicted octanol–water partition coefficient (Wildman–Crippen LogP) is 3.62. The third-order valence-corrected chi connectivity index (χ3v) is 3.23. The lowest BCUT2D eigenvalue weighted by Crippen LogP contribution is -2.14. The lowest BCUT2D eigenvalue weighted by atomic mass is 10.1. The third kappa shape index (κ3) is 3.59. The lowest BCUT2D eigenvalue weighted by molar-refractivity contribution is 0.102. The first-order valence-corrected chi connectivity index (χ1v) is 6.79. The van der Waals surface area contributed by atoms with Crippen LogP contribution in [-0.2, 0) is 6.54 Å². The topological polar surface area (TPSA) is 41.1 Å². The Bertz CT molecular complexity index is 626. The number of aryl methyl sites for hydroxylation is 1. The van der Waals surface area contributed by atoms with E-state index in [9.17, 15) is 4.79 Å². The molecule has 0 aliphatic heterocycles.